The first-order valence-electron chi connectivity index (χ1n) is 12.2. The van der Waals surface area contributed by atoms with Crippen molar-refractivity contribution in [2.45, 2.75) is 115 Å². The van der Waals surface area contributed by atoms with Crippen LogP contribution in [-0.2, 0) is 0 Å². The molecular formula is C24H44N2. The molecule has 0 radical (unpaired) electrons. The number of hydrogen-bond acceptors (Lipinski definition) is 2. The third kappa shape index (κ3) is 4.49. The molecule has 0 aromatic rings. The lowest BCUT2D eigenvalue weighted by Gasteiger charge is -2.45. The minimum Gasteiger partial charge on any atom is -0.328 e. The number of nitrogens with two attached hydrogens (primary N) is 2. The lowest BCUT2D eigenvalue weighted by Crippen LogP contribution is -2.43. The van der Waals surface area contributed by atoms with Gasteiger partial charge in [0.1, 0.15) is 0 Å². The maximum absolute atomic E-state index is 6.65. The van der Waals surface area contributed by atoms with Gasteiger partial charge in [-0.15, -0.1) is 0 Å². The second-order valence-corrected chi connectivity index (χ2v) is 10.7. The molecule has 5 unspecified atom stereocenters. The maximum atomic E-state index is 6.65. The minimum absolute atomic E-state index is 0.502. The zero-order chi connectivity index (χ0) is 17.9. The van der Waals surface area contributed by atoms with E-state index in [4.69, 9.17) is 11.5 Å². The van der Waals surface area contributed by atoms with Crippen LogP contribution in [0, 0.1) is 35.5 Å². The molecule has 4 aliphatic carbocycles. The fraction of sp³-hybridized carbons (Fsp3) is 1.00. The minimum atomic E-state index is 0.502. The molecule has 0 amide bonds. The topological polar surface area (TPSA) is 52.0 Å². The molecule has 26 heavy (non-hydrogen) atoms. The van der Waals surface area contributed by atoms with Crippen molar-refractivity contribution in [3.05, 3.63) is 0 Å². The highest BCUT2D eigenvalue weighted by atomic mass is 14.7. The summed E-state index contributed by atoms with van der Waals surface area (Å²) < 4.78 is 0. The van der Waals surface area contributed by atoms with Gasteiger partial charge in [-0.3, -0.25) is 0 Å². The highest BCUT2D eigenvalue weighted by Gasteiger charge is 2.39. The third-order valence-electron chi connectivity index (χ3n) is 9.16. The Morgan fingerprint density at radius 2 is 1.00 bits per heavy atom. The van der Waals surface area contributed by atoms with Crippen LogP contribution in [0.1, 0.15) is 103 Å². The van der Waals surface area contributed by atoms with Crippen LogP contribution in [0.25, 0.3) is 0 Å². The van der Waals surface area contributed by atoms with Crippen LogP contribution in [0.3, 0.4) is 0 Å². The molecule has 0 aromatic heterocycles. The van der Waals surface area contributed by atoms with E-state index in [1.807, 2.05) is 0 Å². The van der Waals surface area contributed by atoms with Gasteiger partial charge in [-0.05, 0) is 86.9 Å². The van der Waals surface area contributed by atoms with Gasteiger partial charge in [0, 0.05) is 12.1 Å². The van der Waals surface area contributed by atoms with Crippen LogP contribution in [-0.4, -0.2) is 12.1 Å². The quantitative estimate of drug-likeness (QED) is 0.685. The summed E-state index contributed by atoms with van der Waals surface area (Å²) in [5, 5.41) is 0. The molecule has 5 atom stereocenters. The largest absolute Gasteiger partial charge is 0.328 e. The molecule has 0 bridgehead atoms. The molecule has 4 aliphatic rings. The van der Waals surface area contributed by atoms with Crippen LogP contribution >= 0.6 is 0 Å². The molecule has 4 N–H and O–H groups in total. The van der Waals surface area contributed by atoms with Gasteiger partial charge in [0.25, 0.3) is 0 Å². The molecule has 2 heteroatoms. The highest BCUT2D eigenvalue weighted by Crippen LogP contribution is 2.48. The van der Waals surface area contributed by atoms with Crippen molar-refractivity contribution in [1.29, 1.82) is 0 Å². The molecule has 0 aliphatic heterocycles. The summed E-state index contributed by atoms with van der Waals surface area (Å²) in [7, 11) is 0. The number of rotatable bonds is 3. The van der Waals surface area contributed by atoms with E-state index in [1.54, 1.807) is 0 Å². The molecule has 0 spiro atoms. The van der Waals surface area contributed by atoms with Crippen molar-refractivity contribution in [3.8, 4) is 0 Å². The summed E-state index contributed by atoms with van der Waals surface area (Å²) >= 11 is 0. The van der Waals surface area contributed by atoms with Crippen molar-refractivity contribution >= 4 is 0 Å². The van der Waals surface area contributed by atoms with E-state index in [0.29, 0.717) is 12.1 Å². The highest BCUT2D eigenvalue weighted by molar-refractivity contribution is 4.92. The SMILES string of the molecule is NC1CCC(C2CCCC(C3CCC(N)C(C4CCCCC4)C3)C2)CC1. The number of hydrogen-bond donors (Lipinski definition) is 2. The first kappa shape index (κ1) is 19.2. The van der Waals surface area contributed by atoms with E-state index in [9.17, 15) is 0 Å². The Morgan fingerprint density at radius 1 is 0.423 bits per heavy atom. The molecule has 150 valence electrons. The Labute approximate surface area is 162 Å². The summed E-state index contributed by atoms with van der Waals surface area (Å²) in [4.78, 5) is 0. The van der Waals surface area contributed by atoms with Crippen molar-refractivity contribution in [2.24, 2.45) is 47.0 Å². The second-order valence-electron chi connectivity index (χ2n) is 10.7. The molecule has 0 heterocycles. The van der Waals surface area contributed by atoms with E-state index < -0.39 is 0 Å². The summed E-state index contributed by atoms with van der Waals surface area (Å²) in [6, 6.07) is 1.01. The van der Waals surface area contributed by atoms with Gasteiger partial charge in [0.2, 0.25) is 0 Å². The van der Waals surface area contributed by atoms with Gasteiger partial charge in [-0.1, -0.05) is 51.4 Å². The smallest absolute Gasteiger partial charge is 0.00700 e. The fourth-order valence-electron chi connectivity index (χ4n) is 7.53. The Morgan fingerprint density at radius 3 is 1.73 bits per heavy atom. The predicted molar refractivity (Wildman–Crippen MR) is 111 cm³/mol. The lowest BCUT2D eigenvalue weighted by atomic mass is 9.61. The normalized spacial score (nSPS) is 46.2. The van der Waals surface area contributed by atoms with Crippen molar-refractivity contribution < 1.29 is 0 Å². The monoisotopic (exact) mass is 360 g/mol. The summed E-state index contributed by atoms with van der Waals surface area (Å²) in [5.41, 5.74) is 12.8. The van der Waals surface area contributed by atoms with Crippen molar-refractivity contribution in [3.63, 3.8) is 0 Å². The summed E-state index contributed by atoms with van der Waals surface area (Å²) in [5.74, 6) is 5.84. The molecular weight excluding hydrogens is 316 g/mol. The Bertz CT molecular complexity index is 422. The Balaban J connectivity index is 1.34. The average molecular weight is 361 g/mol. The van der Waals surface area contributed by atoms with Gasteiger partial charge in [0.05, 0.1) is 0 Å². The standard InChI is InChI=1S/C24H44N2/c25-22-12-9-17(10-13-22)19-7-4-8-20(15-19)21-11-14-24(26)23(16-21)18-5-2-1-3-6-18/h17-24H,1-16,25-26H2. The molecule has 4 saturated carbocycles. The zero-order valence-electron chi connectivity index (χ0n) is 17.1. The molecule has 0 aromatic carbocycles. The third-order valence-corrected chi connectivity index (χ3v) is 9.16. The second kappa shape index (κ2) is 8.95. The summed E-state index contributed by atoms with van der Waals surface area (Å²) in [6.07, 6.45) is 23.0. The van der Waals surface area contributed by atoms with Crippen LogP contribution in [0.4, 0.5) is 0 Å². The van der Waals surface area contributed by atoms with Gasteiger partial charge >= 0.3 is 0 Å². The Hall–Kier alpha value is -0.0800. The van der Waals surface area contributed by atoms with E-state index in [2.05, 4.69) is 0 Å². The van der Waals surface area contributed by atoms with Gasteiger partial charge < -0.3 is 11.5 Å². The van der Waals surface area contributed by atoms with Gasteiger partial charge in [0.15, 0.2) is 0 Å². The lowest BCUT2D eigenvalue weighted by molar-refractivity contribution is 0.0661. The Kier molecular flexibility index (Phi) is 6.62. The molecule has 4 fully saturated rings. The first-order valence-corrected chi connectivity index (χ1v) is 12.2. The summed E-state index contributed by atoms with van der Waals surface area (Å²) in [6.45, 7) is 0. The zero-order valence-corrected chi connectivity index (χ0v) is 17.1. The molecule has 2 nitrogen and oxygen atoms in total. The average Bonchev–Trinajstić information content (AvgIpc) is 2.70. The van der Waals surface area contributed by atoms with E-state index >= 15 is 0 Å². The van der Waals surface area contributed by atoms with Crippen LogP contribution in [0.2, 0.25) is 0 Å². The van der Waals surface area contributed by atoms with Crippen LogP contribution in [0.15, 0.2) is 0 Å². The maximum Gasteiger partial charge on any atom is 0.00700 e. The van der Waals surface area contributed by atoms with Gasteiger partial charge in [-0.25, -0.2) is 0 Å². The fourth-order valence-corrected chi connectivity index (χ4v) is 7.53. The first-order chi connectivity index (χ1) is 12.7. The van der Waals surface area contributed by atoms with Crippen molar-refractivity contribution in [2.75, 3.05) is 0 Å². The predicted octanol–water partition coefficient (Wildman–Crippen LogP) is 5.63. The molecule has 4 rings (SSSR count). The van der Waals surface area contributed by atoms with E-state index in [1.165, 1.54) is 103 Å². The molecule has 0 saturated heterocycles. The van der Waals surface area contributed by atoms with Crippen LogP contribution in [0.5, 0.6) is 0 Å². The van der Waals surface area contributed by atoms with Crippen LogP contribution < -0.4 is 11.5 Å². The van der Waals surface area contributed by atoms with E-state index in [-0.39, 0.29) is 0 Å². The van der Waals surface area contributed by atoms with Gasteiger partial charge in [-0.2, -0.15) is 0 Å². The van der Waals surface area contributed by atoms with Crippen molar-refractivity contribution in [1.82, 2.24) is 0 Å². The van der Waals surface area contributed by atoms with E-state index in [0.717, 1.165) is 35.5 Å².